The molecule has 1 aromatic heterocycles. The van der Waals surface area contributed by atoms with Crippen molar-refractivity contribution in [1.82, 2.24) is 5.16 Å². The van der Waals surface area contributed by atoms with Crippen molar-refractivity contribution in [2.24, 2.45) is 0 Å². The number of hydrogen-bond acceptors (Lipinski definition) is 5. The van der Waals surface area contributed by atoms with Crippen LogP contribution in [0.4, 0.5) is 5.82 Å². The molecule has 0 unspecified atom stereocenters. The number of anilines is 1. The van der Waals surface area contributed by atoms with Gasteiger partial charge in [-0.3, -0.25) is 4.79 Å². The Bertz CT molecular complexity index is 1150. The van der Waals surface area contributed by atoms with Crippen LogP contribution in [0.25, 0.3) is 21.7 Å². The molecule has 1 heterocycles. The van der Waals surface area contributed by atoms with Crippen molar-refractivity contribution in [2.45, 2.75) is 12.5 Å². The van der Waals surface area contributed by atoms with E-state index in [1.54, 1.807) is 24.3 Å². The monoisotopic (exact) mass is 360 g/mol. The predicted molar refractivity (Wildman–Crippen MR) is 102 cm³/mol. The summed E-state index contributed by atoms with van der Waals surface area (Å²) in [5.74, 6) is -0.627. The number of carboxylic acids is 1. The molecule has 0 saturated heterocycles. The van der Waals surface area contributed by atoms with E-state index in [0.717, 1.165) is 28.0 Å². The molecule has 4 rings (SSSR count). The van der Waals surface area contributed by atoms with E-state index in [0.29, 0.717) is 17.0 Å². The first-order chi connectivity index (χ1) is 13.2. The number of carboxylic acid groups (broad SMARTS) is 1. The first kappa shape index (κ1) is 16.8. The number of aldehydes is 1. The fraction of sp³-hybridized carbons (Fsp3) is 0.0952. The Morgan fingerprint density at radius 1 is 1.11 bits per heavy atom. The first-order valence-electron chi connectivity index (χ1n) is 8.46. The number of carbonyl (C=O) groups excluding carboxylic acids is 1. The van der Waals surface area contributed by atoms with Crippen molar-refractivity contribution in [3.63, 3.8) is 0 Å². The number of carbonyl (C=O) groups is 2. The normalized spacial score (nSPS) is 12.1. The molecule has 0 amide bonds. The molecule has 0 fully saturated rings. The van der Waals surface area contributed by atoms with Gasteiger partial charge < -0.3 is 14.9 Å². The summed E-state index contributed by atoms with van der Waals surface area (Å²) in [6.45, 7) is 0. The number of aromatic nitrogens is 1. The van der Waals surface area contributed by atoms with Crippen LogP contribution < -0.4 is 5.32 Å². The highest BCUT2D eigenvalue weighted by atomic mass is 16.5. The van der Waals surface area contributed by atoms with E-state index in [-0.39, 0.29) is 6.42 Å². The molecule has 0 saturated carbocycles. The molecule has 1 atom stereocenters. The third-order valence-corrected chi connectivity index (χ3v) is 4.50. The lowest BCUT2D eigenvalue weighted by Gasteiger charge is -2.14. The highest BCUT2D eigenvalue weighted by molar-refractivity contribution is 6.07. The van der Waals surface area contributed by atoms with Crippen molar-refractivity contribution in [2.75, 3.05) is 5.32 Å². The molecule has 27 heavy (non-hydrogen) atoms. The molecule has 6 heteroatoms. The van der Waals surface area contributed by atoms with Crippen LogP contribution in [-0.2, 0) is 11.2 Å². The first-order valence-corrected chi connectivity index (χ1v) is 8.46. The average molecular weight is 360 g/mol. The van der Waals surface area contributed by atoms with E-state index in [4.69, 9.17) is 4.52 Å². The van der Waals surface area contributed by atoms with Gasteiger partial charge >= 0.3 is 5.97 Å². The van der Waals surface area contributed by atoms with Crippen LogP contribution >= 0.6 is 0 Å². The highest BCUT2D eigenvalue weighted by Crippen LogP contribution is 2.30. The zero-order valence-corrected chi connectivity index (χ0v) is 14.3. The van der Waals surface area contributed by atoms with Crippen LogP contribution in [0.5, 0.6) is 0 Å². The molecule has 2 N–H and O–H groups in total. The van der Waals surface area contributed by atoms with Gasteiger partial charge in [-0.2, -0.15) is 0 Å². The molecule has 4 aromatic rings. The number of hydrogen-bond donors (Lipinski definition) is 2. The maximum Gasteiger partial charge on any atom is 0.326 e. The van der Waals surface area contributed by atoms with Crippen LogP contribution in [0.3, 0.4) is 0 Å². The quantitative estimate of drug-likeness (QED) is 0.507. The molecule has 3 aromatic carbocycles. The van der Waals surface area contributed by atoms with E-state index in [2.05, 4.69) is 10.5 Å². The second-order valence-corrected chi connectivity index (χ2v) is 6.30. The molecule has 0 aliphatic rings. The average Bonchev–Trinajstić information content (AvgIpc) is 3.11. The van der Waals surface area contributed by atoms with Crippen molar-refractivity contribution >= 4 is 39.8 Å². The maximum atomic E-state index is 11.7. The molecule has 0 aliphatic carbocycles. The van der Waals surface area contributed by atoms with Crippen molar-refractivity contribution in [3.8, 4) is 0 Å². The van der Waals surface area contributed by atoms with Crippen LogP contribution in [0, 0.1) is 0 Å². The fourth-order valence-corrected chi connectivity index (χ4v) is 3.17. The summed E-state index contributed by atoms with van der Waals surface area (Å²) in [4.78, 5) is 22.7. The standard InChI is InChI=1S/C21H16N2O4/c24-12-14-5-3-4-13(10-14)11-18(21(25)26)22-20-17-9-8-15-6-1-2-7-16(15)19(17)27-23-20/h1-10,12,18H,11H2,(H,22,23)(H,25,26)/t18-/m0/s1. The van der Waals surface area contributed by atoms with Gasteiger partial charge in [-0.05, 0) is 23.1 Å². The van der Waals surface area contributed by atoms with Crippen LogP contribution in [0.2, 0.25) is 0 Å². The summed E-state index contributed by atoms with van der Waals surface area (Å²) in [7, 11) is 0. The third kappa shape index (κ3) is 3.25. The van der Waals surface area contributed by atoms with E-state index >= 15 is 0 Å². The Labute approximate surface area is 154 Å². The summed E-state index contributed by atoms with van der Waals surface area (Å²) in [5, 5.41) is 19.3. The van der Waals surface area contributed by atoms with E-state index in [1.165, 1.54) is 0 Å². The molecule has 0 radical (unpaired) electrons. The Morgan fingerprint density at radius 3 is 2.78 bits per heavy atom. The van der Waals surface area contributed by atoms with Crippen LogP contribution in [0.1, 0.15) is 15.9 Å². The topological polar surface area (TPSA) is 92.4 Å². The molecular formula is C21H16N2O4. The summed E-state index contributed by atoms with van der Waals surface area (Å²) in [6, 6.07) is 17.5. The van der Waals surface area contributed by atoms with E-state index < -0.39 is 12.0 Å². The smallest absolute Gasteiger partial charge is 0.326 e. The van der Waals surface area contributed by atoms with Gasteiger partial charge in [0.25, 0.3) is 0 Å². The van der Waals surface area contributed by atoms with Crippen molar-refractivity contribution in [3.05, 3.63) is 71.8 Å². The van der Waals surface area contributed by atoms with Crippen molar-refractivity contribution < 1.29 is 19.2 Å². The van der Waals surface area contributed by atoms with Gasteiger partial charge in [0.15, 0.2) is 11.4 Å². The molecule has 0 spiro atoms. The van der Waals surface area contributed by atoms with Gasteiger partial charge in [-0.25, -0.2) is 4.79 Å². The lowest BCUT2D eigenvalue weighted by Crippen LogP contribution is -2.31. The fourth-order valence-electron chi connectivity index (χ4n) is 3.17. The van der Waals surface area contributed by atoms with E-state index in [9.17, 15) is 14.7 Å². The highest BCUT2D eigenvalue weighted by Gasteiger charge is 2.21. The minimum atomic E-state index is -1.01. The minimum absolute atomic E-state index is 0.207. The Balaban J connectivity index is 1.66. The summed E-state index contributed by atoms with van der Waals surface area (Å²) < 4.78 is 5.48. The Morgan fingerprint density at radius 2 is 1.96 bits per heavy atom. The second-order valence-electron chi connectivity index (χ2n) is 6.30. The number of rotatable bonds is 6. The lowest BCUT2D eigenvalue weighted by molar-refractivity contribution is -0.137. The van der Waals surface area contributed by atoms with E-state index in [1.807, 2.05) is 36.4 Å². The molecular weight excluding hydrogens is 344 g/mol. The largest absolute Gasteiger partial charge is 0.480 e. The van der Waals surface area contributed by atoms with Gasteiger partial charge in [0, 0.05) is 17.4 Å². The Hall–Kier alpha value is -3.67. The summed E-state index contributed by atoms with van der Waals surface area (Å²) in [5.41, 5.74) is 1.87. The zero-order chi connectivity index (χ0) is 18.8. The van der Waals surface area contributed by atoms with Gasteiger partial charge in [0.05, 0.1) is 5.39 Å². The van der Waals surface area contributed by atoms with Crippen LogP contribution in [-0.4, -0.2) is 28.6 Å². The molecule has 0 bridgehead atoms. The predicted octanol–water partition coefficient (Wildman–Crippen LogP) is 3.90. The summed E-state index contributed by atoms with van der Waals surface area (Å²) >= 11 is 0. The van der Waals surface area contributed by atoms with Crippen molar-refractivity contribution in [1.29, 1.82) is 0 Å². The van der Waals surface area contributed by atoms with Crippen LogP contribution in [0.15, 0.2) is 65.2 Å². The SMILES string of the molecule is O=Cc1cccc(C[C@H](Nc2noc3c2ccc2ccccc23)C(=O)O)c1. The minimum Gasteiger partial charge on any atom is -0.480 e. The third-order valence-electron chi connectivity index (χ3n) is 4.50. The number of fused-ring (bicyclic) bond motifs is 3. The number of nitrogens with zero attached hydrogens (tertiary/aromatic N) is 1. The maximum absolute atomic E-state index is 11.7. The van der Waals surface area contributed by atoms with Gasteiger partial charge in [-0.1, -0.05) is 53.7 Å². The molecule has 0 aliphatic heterocycles. The lowest BCUT2D eigenvalue weighted by atomic mass is 10.0. The zero-order valence-electron chi connectivity index (χ0n) is 14.3. The summed E-state index contributed by atoms with van der Waals surface area (Å²) in [6.07, 6.45) is 0.946. The number of nitrogens with one attached hydrogen (secondary N) is 1. The number of benzene rings is 3. The van der Waals surface area contributed by atoms with Gasteiger partial charge in [-0.15, -0.1) is 0 Å². The number of aliphatic carboxylic acids is 1. The molecule has 134 valence electrons. The second kappa shape index (κ2) is 6.92. The Kier molecular flexibility index (Phi) is 4.30. The van der Waals surface area contributed by atoms with Gasteiger partial charge in [0.2, 0.25) is 0 Å². The molecule has 6 nitrogen and oxygen atoms in total. The van der Waals surface area contributed by atoms with Gasteiger partial charge in [0.1, 0.15) is 12.3 Å².